The van der Waals surface area contributed by atoms with E-state index in [4.69, 9.17) is 0 Å². The highest BCUT2D eigenvalue weighted by atomic mass is 16.1. The zero-order valence-electron chi connectivity index (χ0n) is 9.82. The summed E-state index contributed by atoms with van der Waals surface area (Å²) in [4.78, 5) is 12.0. The highest BCUT2D eigenvalue weighted by Gasteiger charge is 2.19. The van der Waals surface area contributed by atoms with E-state index >= 15 is 0 Å². The largest absolute Gasteiger partial charge is 0.299 e. The van der Waals surface area contributed by atoms with Crippen molar-refractivity contribution >= 4 is 5.78 Å². The molecule has 0 N–H and O–H groups in total. The van der Waals surface area contributed by atoms with Gasteiger partial charge in [0, 0.05) is 12.3 Å². The first-order valence-corrected chi connectivity index (χ1v) is 6.43. The van der Waals surface area contributed by atoms with Crippen molar-refractivity contribution < 1.29 is 4.79 Å². The lowest BCUT2D eigenvalue weighted by molar-refractivity contribution is -0.123. The summed E-state index contributed by atoms with van der Waals surface area (Å²) in [7, 11) is 0. The SMILES string of the molecule is O=C1CCCCCCC1Cc1ccccc1. The van der Waals surface area contributed by atoms with Gasteiger partial charge in [0.15, 0.2) is 0 Å². The highest BCUT2D eigenvalue weighted by Crippen LogP contribution is 2.22. The monoisotopic (exact) mass is 216 g/mol. The summed E-state index contributed by atoms with van der Waals surface area (Å²) in [5.74, 6) is 0.770. The third-order valence-corrected chi connectivity index (χ3v) is 3.51. The molecule has 1 aliphatic rings. The van der Waals surface area contributed by atoms with E-state index in [0.29, 0.717) is 5.78 Å². The van der Waals surface area contributed by atoms with Crippen molar-refractivity contribution in [1.82, 2.24) is 0 Å². The zero-order valence-corrected chi connectivity index (χ0v) is 9.82. The van der Waals surface area contributed by atoms with E-state index in [9.17, 15) is 4.79 Å². The van der Waals surface area contributed by atoms with Crippen LogP contribution in [0.5, 0.6) is 0 Å². The Balaban J connectivity index is 1.98. The second-order valence-corrected chi connectivity index (χ2v) is 4.81. The molecule has 0 bridgehead atoms. The van der Waals surface area contributed by atoms with Crippen LogP contribution in [-0.2, 0) is 11.2 Å². The molecule has 2 rings (SSSR count). The van der Waals surface area contributed by atoms with E-state index in [2.05, 4.69) is 24.3 Å². The van der Waals surface area contributed by atoms with Crippen LogP contribution in [0.4, 0.5) is 0 Å². The fraction of sp³-hybridized carbons (Fsp3) is 0.533. The molecule has 1 nitrogen and oxygen atoms in total. The first kappa shape index (κ1) is 11.4. The van der Waals surface area contributed by atoms with Crippen LogP contribution in [0.3, 0.4) is 0 Å². The Morgan fingerprint density at radius 1 is 1.00 bits per heavy atom. The van der Waals surface area contributed by atoms with E-state index in [-0.39, 0.29) is 5.92 Å². The number of hydrogen-bond acceptors (Lipinski definition) is 1. The molecule has 1 unspecified atom stereocenters. The normalized spacial score (nSPS) is 22.5. The van der Waals surface area contributed by atoms with Gasteiger partial charge in [0.05, 0.1) is 0 Å². The van der Waals surface area contributed by atoms with E-state index in [1.54, 1.807) is 0 Å². The van der Waals surface area contributed by atoms with Crippen LogP contribution in [0.2, 0.25) is 0 Å². The first-order chi connectivity index (χ1) is 7.86. The van der Waals surface area contributed by atoms with Crippen molar-refractivity contribution in [2.45, 2.75) is 44.9 Å². The fourth-order valence-electron chi connectivity index (χ4n) is 2.52. The van der Waals surface area contributed by atoms with Crippen LogP contribution < -0.4 is 0 Å². The topological polar surface area (TPSA) is 17.1 Å². The standard InChI is InChI=1S/C15H20O/c16-15-11-7-2-1-6-10-14(15)12-13-8-4-3-5-9-13/h3-5,8-9,14H,1-2,6-7,10-12H2. The van der Waals surface area contributed by atoms with Gasteiger partial charge in [0.1, 0.15) is 5.78 Å². The molecule has 0 radical (unpaired) electrons. The Hall–Kier alpha value is -1.11. The van der Waals surface area contributed by atoms with Gasteiger partial charge in [-0.25, -0.2) is 0 Å². The molecule has 1 aromatic rings. The van der Waals surface area contributed by atoms with Crippen molar-refractivity contribution in [2.24, 2.45) is 5.92 Å². The molecule has 1 aliphatic carbocycles. The van der Waals surface area contributed by atoms with E-state index < -0.39 is 0 Å². The van der Waals surface area contributed by atoms with Gasteiger partial charge < -0.3 is 0 Å². The van der Waals surface area contributed by atoms with Gasteiger partial charge in [-0.1, -0.05) is 49.6 Å². The van der Waals surface area contributed by atoms with Gasteiger partial charge in [-0.05, 0) is 24.8 Å². The van der Waals surface area contributed by atoms with Crippen LogP contribution in [0.25, 0.3) is 0 Å². The molecule has 1 atom stereocenters. The number of hydrogen-bond donors (Lipinski definition) is 0. The lowest BCUT2D eigenvalue weighted by Gasteiger charge is -2.18. The maximum atomic E-state index is 12.0. The van der Waals surface area contributed by atoms with Gasteiger partial charge in [-0.3, -0.25) is 4.79 Å². The van der Waals surface area contributed by atoms with Gasteiger partial charge in [-0.2, -0.15) is 0 Å². The molecule has 0 aromatic heterocycles. The molecular formula is C15H20O. The van der Waals surface area contributed by atoms with E-state index in [1.807, 2.05) is 6.07 Å². The number of ketones is 1. The number of Topliss-reactive ketones (excluding diaryl/α,β-unsaturated/α-hetero) is 1. The van der Waals surface area contributed by atoms with Crippen LogP contribution in [0, 0.1) is 5.92 Å². The Bertz CT molecular complexity index is 329. The number of carbonyl (C=O) groups excluding carboxylic acids is 1. The lowest BCUT2D eigenvalue weighted by Crippen LogP contribution is -2.18. The Labute approximate surface area is 97.9 Å². The number of rotatable bonds is 2. The molecular weight excluding hydrogens is 196 g/mol. The maximum Gasteiger partial charge on any atom is 0.136 e. The molecule has 0 saturated heterocycles. The van der Waals surface area contributed by atoms with E-state index in [1.165, 1.54) is 24.8 Å². The minimum Gasteiger partial charge on any atom is -0.299 e. The molecule has 0 spiro atoms. The average Bonchev–Trinajstić information content (AvgIpc) is 2.30. The van der Waals surface area contributed by atoms with E-state index in [0.717, 1.165) is 25.7 Å². The van der Waals surface area contributed by atoms with Gasteiger partial charge >= 0.3 is 0 Å². The summed E-state index contributed by atoms with van der Waals surface area (Å²) >= 11 is 0. The second kappa shape index (κ2) is 5.83. The van der Waals surface area contributed by atoms with Crippen molar-refractivity contribution in [3.8, 4) is 0 Å². The lowest BCUT2D eigenvalue weighted by atomic mass is 9.86. The number of carbonyl (C=O) groups is 1. The summed E-state index contributed by atoms with van der Waals surface area (Å²) in [6, 6.07) is 10.4. The zero-order chi connectivity index (χ0) is 11.2. The predicted octanol–water partition coefficient (Wildman–Crippen LogP) is 3.77. The van der Waals surface area contributed by atoms with Crippen molar-refractivity contribution in [1.29, 1.82) is 0 Å². The molecule has 1 saturated carbocycles. The summed E-state index contributed by atoms with van der Waals surface area (Å²) in [5, 5.41) is 0. The molecule has 0 amide bonds. The summed E-state index contributed by atoms with van der Waals surface area (Å²) < 4.78 is 0. The molecule has 16 heavy (non-hydrogen) atoms. The molecule has 0 heterocycles. The van der Waals surface area contributed by atoms with Gasteiger partial charge in [0.2, 0.25) is 0 Å². The maximum absolute atomic E-state index is 12.0. The smallest absolute Gasteiger partial charge is 0.136 e. The number of benzene rings is 1. The van der Waals surface area contributed by atoms with Crippen molar-refractivity contribution in [2.75, 3.05) is 0 Å². The van der Waals surface area contributed by atoms with Crippen LogP contribution in [-0.4, -0.2) is 5.78 Å². The van der Waals surface area contributed by atoms with Gasteiger partial charge in [0.25, 0.3) is 0 Å². The minimum absolute atomic E-state index is 0.280. The second-order valence-electron chi connectivity index (χ2n) is 4.81. The minimum atomic E-state index is 0.280. The first-order valence-electron chi connectivity index (χ1n) is 6.43. The Morgan fingerprint density at radius 2 is 1.75 bits per heavy atom. The van der Waals surface area contributed by atoms with Gasteiger partial charge in [-0.15, -0.1) is 0 Å². The summed E-state index contributed by atoms with van der Waals surface area (Å²) in [5.41, 5.74) is 1.31. The highest BCUT2D eigenvalue weighted by molar-refractivity contribution is 5.81. The molecule has 1 heteroatoms. The molecule has 86 valence electrons. The van der Waals surface area contributed by atoms with Crippen LogP contribution in [0.1, 0.15) is 44.1 Å². The fourth-order valence-corrected chi connectivity index (χ4v) is 2.52. The predicted molar refractivity (Wildman–Crippen MR) is 66.3 cm³/mol. The molecule has 0 aliphatic heterocycles. The Morgan fingerprint density at radius 3 is 2.56 bits per heavy atom. The van der Waals surface area contributed by atoms with Crippen LogP contribution in [0.15, 0.2) is 30.3 Å². The Kier molecular flexibility index (Phi) is 4.15. The molecule has 1 aromatic carbocycles. The average molecular weight is 216 g/mol. The summed E-state index contributed by atoms with van der Waals surface area (Å²) in [6.07, 6.45) is 7.71. The van der Waals surface area contributed by atoms with Crippen molar-refractivity contribution in [3.05, 3.63) is 35.9 Å². The third-order valence-electron chi connectivity index (χ3n) is 3.51. The summed E-state index contributed by atoms with van der Waals surface area (Å²) in [6.45, 7) is 0. The molecule has 1 fully saturated rings. The van der Waals surface area contributed by atoms with Crippen LogP contribution >= 0.6 is 0 Å². The third kappa shape index (κ3) is 3.19. The van der Waals surface area contributed by atoms with Crippen molar-refractivity contribution in [3.63, 3.8) is 0 Å². The quantitative estimate of drug-likeness (QED) is 0.735.